The van der Waals surface area contributed by atoms with Gasteiger partial charge in [0.25, 0.3) is 0 Å². The van der Waals surface area contributed by atoms with E-state index in [1.807, 2.05) is 22.6 Å². The van der Waals surface area contributed by atoms with Crippen molar-refractivity contribution in [2.45, 2.75) is 19.4 Å². The topological polar surface area (TPSA) is 20.2 Å². The van der Waals surface area contributed by atoms with Crippen LogP contribution in [-0.4, -0.2) is 5.11 Å². The maximum Gasteiger partial charge on any atom is 0.144 e. The van der Waals surface area contributed by atoms with E-state index >= 15 is 0 Å². The van der Waals surface area contributed by atoms with Gasteiger partial charge in [0, 0.05) is 9.13 Å². The summed E-state index contributed by atoms with van der Waals surface area (Å²) in [5, 5.41) is 9.71. The Hall–Kier alpha value is 0.320. The Labute approximate surface area is 98.6 Å². The molecule has 0 aliphatic heterocycles. The lowest BCUT2D eigenvalue weighted by molar-refractivity contribution is 0.0734. The summed E-state index contributed by atoms with van der Waals surface area (Å²) < 4.78 is 14.7. The number of benzene rings is 1. The predicted molar refractivity (Wildman–Crippen MR) is 62.1 cm³/mol. The average Bonchev–Trinajstić information content (AvgIpc) is 1.95. The van der Waals surface area contributed by atoms with Crippen LogP contribution in [0.25, 0.3) is 0 Å². The molecule has 0 heterocycles. The predicted octanol–water partition coefficient (Wildman–Crippen LogP) is 3.42. The van der Waals surface area contributed by atoms with Gasteiger partial charge in [-0.2, -0.15) is 0 Å². The van der Waals surface area contributed by atoms with Crippen LogP contribution >= 0.6 is 38.5 Å². The minimum atomic E-state index is -1.15. The van der Waals surface area contributed by atoms with Gasteiger partial charge in [-0.15, -0.1) is 0 Å². The van der Waals surface area contributed by atoms with Crippen molar-refractivity contribution in [3.05, 3.63) is 31.6 Å². The molecule has 0 saturated carbocycles. The first-order chi connectivity index (χ1) is 5.84. The van der Waals surface area contributed by atoms with Crippen molar-refractivity contribution in [1.82, 2.24) is 0 Å². The van der Waals surface area contributed by atoms with Gasteiger partial charge < -0.3 is 5.11 Å². The molecule has 1 aromatic rings. The number of hydrogen-bond donors (Lipinski definition) is 1. The maximum absolute atomic E-state index is 13.5. The van der Waals surface area contributed by atoms with E-state index in [1.165, 1.54) is 0 Å². The van der Waals surface area contributed by atoms with Crippen LogP contribution in [0.5, 0.6) is 0 Å². The first-order valence-corrected chi connectivity index (χ1v) is 5.57. The highest BCUT2D eigenvalue weighted by atomic mass is 127. The second-order valence-corrected chi connectivity index (χ2v) is 5.29. The largest absolute Gasteiger partial charge is 0.386 e. The van der Waals surface area contributed by atoms with E-state index in [0.717, 1.165) is 3.57 Å². The molecule has 13 heavy (non-hydrogen) atoms. The molecule has 1 N–H and O–H groups in total. The highest BCUT2D eigenvalue weighted by Crippen LogP contribution is 2.31. The van der Waals surface area contributed by atoms with Gasteiger partial charge in [-0.3, -0.25) is 0 Å². The number of aliphatic hydroxyl groups is 1. The quantitative estimate of drug-likeness (QED) is 0.602. The van der Waals surface area contributed by atoms with Gasteiger partial charge in [-0.25, -0.2) is 4.39 Å². The number of halogens is 3. The van der Waals surface area contributed by atoms with Gasteiger partial charge in [0.05, 0.1) is 10.1 Å². The lowest BCUT2D eigenvalue weighted by atomic mass is 9.98. The molecule has 0 atom stereocenters. The molecule has 1 nitrogen and oxygen atoms in total. The molecule has 0 spiro atoms. The minimum absolute atomic E-state index is 0.336. The number of hydrogen-bond acceptors (Lipinski definition) is 1. The smallest absolute Gasteiger partial charge is 0.144 e. The molecule has 0 aliphatic rings. The third kappa shape index (κ3) is 2.41. The summed E-state index contributed by atoms with van der Waals surface area (Å²) in [5.74, 6) is -0.389. The monoisotopic (exact) mass is 358 g/mol. The SMILES string of the molecule is CC(C)(O)c1c(I)ccc(Br)c1F. The average molecular weight is 359 g/mol. The van der Waals surface area contributed by atoms with Gasteiger partial charge in [-0.05, 0) is 64.5 Å². The highest BCUT2D eigenvalue weighted by Gasteiger charge is 2.24. The fourth-order valence-corrected chi connectivity index (χ4v) is 2.49. The second kappa shape index (κ2) is 3.82. The third-order valence-electron chi connectivity index (χ3n) is 1.66. The van der Waals surface area contributed by atoms with E-state index in [0.29, 0.717) is 10.0 Å². The van der Waals surface area contributed by atoms with Gasteiger partial charge in [0.2, 0.25) is 0 Å². The first kappa shape index (κ1) is 11.4. The van der Waals surface area contributed by atoms with E-state index in [1.54, 1.807) is 26.0 Å². The fourth-order valence-electron chi connectivity index (χ4n) is 1.09. The lowest BCUT2D eigenvalue weighted by Gasteiger charge is -2.20. The second-order valence-electron chi connectivity index (χ2n) is 3.28. The highest BCUT2D eigenvalue weighted by molar-refractivity contribution is 14.1. The van der Waals surface area contributed by atoms with E-state index in [2.05, 4.69) is 15.9 Å². The molecule has 1 aromatic carbocycles. The summed E-state index contributed by atoms with van der Waals surface area (Å²) in [6.45, 7) is 3.14. The molecule has 4 heteroatoms. The first-order valence-electron chi connectivity index (χ1n) is 3.70. The van der Waals surface area contributed by atoms with Crippen molar-refractivity contribution < 1.29 is 9.50 Å². The molecule has 0 fully saturated rings. The van der Waals surface area contributed by atoms with Crippen LogP contribution in [0.15, 0.2) is 16.6 Å². The molecule has 0 amide bonds. The lowest BCUT2D eigenvalue weighted by Crippen LogP contribution is -2.19. The zero-order valence-electron chi connectivity index (χ0n) is 7.24. The van der Waals surface area contributed by atoms with Crippen LogP contribution < -0.4 is 0 Å². The van der Waals surface area contributed by atoms with Gasteiger partial charge in [0.1, 0.15) is 5.82 Å². The fraction of sp³-hybridized carbons (Fsp3) is 0.333. The maximum atomic E-state index is 13.5. The molecular formula is C9H9BrFIO. The van der Waals surface area contributed by atoms with Crippen LogP contribution in [0.1, 0.15) is 19.4 Å². The standard InChI is InChI=1S/C9H9BrFIO/c1-9(2,13)7-6(12)4-3-5(10)8(7)11/h3-4,13H,1-2H3. The molecule has 0 aromatic heterocycles. The van der Waals surface area contributed by atoms with E-state index < -0.39 is 5.60 Å². The zero-order chi connectivity index (χ0) is 10.2. The molecule has 72 valence electrons. The van der Waals surface area contributed by atoms with Crippen molar-refractivity contribution in [3.63, 3.8) is 0 Å². The van der Waals surface area contributed by atoms with Crippen molar-refractivity contribution in [3.8, 4) is 0 Å². The van der Waals surface area contributed by atoms with Gasteiger partial charge in [-0.1, -0.05) is 0 Å². The Balaban J connectivity index is 3.43. The minimum Gasteiger partial charge on any atom is -0.386 e. The van der Waals surface area contributed by atoms with Gasteiger partial charge in [0.15, 0.2) is 0 Å². The Morgan fingerprint density at radius 3 is 2.38 bits per heavy atom. The van der Waals surface area contributed by atoms with E-state index in [-0.39, 0.29) is 5.82 Å². The Morgan fingerprint density at radius 2 is 2.00 bits per heavy atom. The molecule has 0 bridgehead atoms. The summed E-state index contributed by atoms with van der Waals surface area (Å²) in [6, 6.07) is 3.40. The molecule has 0 unspecified atom stereocenters. The van der Waals surface area contributed by atoms with Crippen molar-refractivity contribution >= 4 is 38.5 Å². The van der Waals surface area contributed by atoms with Crippen LogP contribution in [0, 0.1) is 9.39 Å². The summed E-state index contributed by atoms with van der Waals surface area (Å²) >= 11 is 5.09. The summed E-state index contributed by atoms with van der Waals surface area (Å²) in [5.41, 5.74) is -0.813. The molecule has 1 rings (SSSR count). The summed E-state index contributed by atoms with van der Waals surface area (Å²) in [7, 11) is 0. The van der Waals surface area contributed by atoms with Crippen LogP contribution in [0.4, 0.5) is 4.39 Å². The van der Waals surface area contributed by atoms with Crippen molar-refractivity contribution in [2.24, 2.45) is 0 Å². The van der Waals surface area contributed by atoms with Crippen molar-refractivity contribution in [1.29, 1.82) is 0 Å². The molecule has 0 radical (unpaired) electrons. The van der Waals surface area contributed by atoms with Crippen molar-refractivity contribution in [2.75, 3.05) is 0 Å². The normalized spacial score (nSPS) is 11.8. The molecular weight excluding hydrogens is 350 g/mol. The van der Waals surface area contributed by atoms with E-state index in [4.69, 9.17) is 0 Å². The van der Waals surface area contributed by atoms with Crippen LogP contribution in [0.2, 0.25) is 0 Å². The Bertz CT molecular complexity index is 333. The Morgan fingerprint density at radius 1 is 1.46 bits per heavy atom. The van der Waals surface area contributed by atoms with Gasteiger partial charge >= 0.3 is 0 Å². The summed E-state index contributed by atoms with van der Waals surface area (Å²) in [6.07, 6.45) is 0. The molecule has 0 aliphatic carbocycles. The van der Waals surface area contributed by atoms with Crippen LogP contribution in [-0.2, 0) is 5.60 Å². The summed E-state index contributed by atoms with van der Waals surface area (Å²) in [4.78, 5) is 0. The zero-order valence-corrected chi connectivity index (χ0v) is 11.0. The van der Waals surface area contributed by atoms with E-state index in [9.17, 15) is 9.50 Å². The number of rotatable bonds is 1. The van der Waals surface area contributed by atoms with Crippen LogP contribution in [0.3, 0.4) is 0 Å². The third-order valence-corrected chi connectivity index (χ3v) is 3.17. The Kier molecular flexibility index (Phi) is 3.35. The molecule has 0 saturated heterocycles.